The van der Waals surface area contributed by atoms with Crippen molar-refractivity contribution in [3.8, 4) is 0 Å². The lowest BCUT2D eigenvalue weighted by atomic mass is 9.86. The second kappa shape index (κ2) is 4.86. The minimum absolute atomic E-state index is 0.0942. The highest BCUT2D eigenvalue weighted by Crippen LogP contribution is 2.42. The van der Waals surface area contributed by atoms with Crippen LogP contribution in [-0.4, -0.2) is 18.9 Å². The van der Waals surface area contributed by atoms with Crippen LogP contribution in [0.5, 0.6) is 0 Å². The van der Waals surface area contributed by atoms with Crippen LogP contribution in [0, 0.1) is 5.92 Å². The number of nitrogens with one attached hydrogen (secondary N) is 1. The van der Waals surface area contributed by atoms with Crippen molar-refractivity contribution < 1.29 is 9.59 Å². The Morgan fingerprint density at radius 2 is 1.95 bits per heavy atom. The van der Waals surface area contributed by atoms with Crippen LogP contribution in [0.25, 0.3) is 0 Å². The molecule has 2 amide bonds. The highest BCUT2D eigenvalue weighted by atomic mass is 16.2. The van der Waals surface area contributed by atoms with E-state index in [4.69, 9.17) is 0 Å². The van der Waals surface area contributed by atoms with Crippen molar-refractivity contribution in [2.75, 3.05) is 17.3 Å². The third-order valence-electron chi connectivity index (χ3n) is 4.86. The van der Waals surface area contributed by atoms with E-state index < -0.39 is 5.41 Å². The Morgan fingerprint density at radius 3 is 2.62 bits per heavy atom. The molecule has 1 aromatic rings. The Morgan fingerprint density at radius 1 is 1.29 bits per heavy atom. The fourth-order valence-corrected chi connectivity index (χ4v) is 3.48. The molecule has 4 nitrogen and oxygen atoms in total. The minimum atomic E-state index is -0.530. The van der Waals surface area contributed by atoms with Crippen LogP contribution in [0.1, 0.15) is 45.1 Å². The number of nitrogens with zero attached hydrogens (tertiary/aromatic N) is 1. The maximum absolute atomic E-state index is 12.3. The van der Waals surface area contributed by atoms with Crippen LogP contribution in [0.4, 0.5) is 11.4 Å². The van der Waals surface area contributed by atoms with E-state index in [0.717, 1.165) is 42.6 Å². The predicted molar refractivity (Wildman–Crippen MR) is 83.5 cm³/mol. The van der Waals surface area contributed by atoms with Crippen LogP contribution in [0.2, 0.25) is 0 Å². The second-order valence-corrected chi connectivity index (χ2v) is 6.69. The number of rotatable bonds is 2. The lowest BCUT2D eigenvalue weighted by molar-refractivity contribution is -0.122. The van der Waals surface area contributed by atoms with Gasteiger partial charge in [-0.1, -0.05) is 12.8 Å². The average molecular weight is 286 g/mol. The molecule has 1 saturated carbocycles. The molecule has 0 unspecified atom stereocenters. The van der Waals surface area contributed by atoms with E-state index in [2.05, 4.69) is 5.32 Å². The zero-order chi connectivity index (χ0) is 15.2. The van der Waals surface area contributed by atoms with E-state index in [-0.39, 0.29) is 17.7 Å². The van der Waals surface area contributed by atoms with Crippen molar-refractivity contribution in [2.24, 2.45) is 5.92 Å². The second-order valence-electron chi connectivity index (χ2n) is 6.69. The van der Waals surface area contributed by atoms with E-state index in [9.17, 15) is 9.59 Å². The van der Waals surface area contributed by atoms with Crippen molar-refractivity contribution in [3.05, 3.63) is 23.8 Å². The third kappa shape index (κ3) is 2.23. The summed E-state index contributed by atoms with van der Waals surface area (Å²) in [5.74, 6) is 0.357. The molecule has 0 spiro atoms. The molecule has 0 saturated heterocycles. The molecule has 0 aromatic heterocycles. The van der Waals surface area contributed by atoms with Crippen LogP contribution in [-0.2, 0) is 15.0 Å². The van der Waals surface area contributed by atoms with Crippen LogP contribution in [0.3, 0.4) is 0 Å². The highest BCUT2D eigenvalue weighted by Gasteiger charge is 2.42. The zero-order valence-electron chi connectivity index (χ0n) is 12.9. The van der Waals surface area contributed by atoms with Crippen molar-refractivity contribution in [2.45, 2.75) is 44.9 Å². The fourth-order valence-electron chi connectivity index (χ4n) is 3.48. The molecule has 1 fully saturated rings. The molecular weight excluding hydrogens is 264 g/mol. The van der Waals surface area contributed by atoms with E-state index in [1.165, 1.54) is 0 Å². The first-order valence-electron chi connectivity index (χ1n) is 7.65. The fraction of sp³-hybridized carbons (Fsp3) is 0.529. The molecule has 0 atom stereocenters. The normalized spacial score (nSPS) is 20.7. The molecule has 21 heavy (non-hydrogen) atoms. The van der Waals surface area contributed by atoms with Gasteiger partial charge in [-0.3, -0.25) is 9.59 Å². The first-order chi connectivity index (χ1) is 9.91. The first kappa shape index (κ1) is 14.1. The van der Waals surface area contributed by atoms with Gasteiger partial charge in [0, 0.05) is 24.3 Å². The van der Waals surface area contributed by atoms with Gasteiger partial charge in [0.1, 0.15) is 0 Å². The van der Waals surface area contributed by atoms with Gasteiger partial charge in [-0.05, 0) is 50.5 Å². The van der Waals surface area contributed by atoms with E-state index in [0.29, 0.717) is 0 Å². The summed E-state index contributed by atoms with van der Waals surface area (Å²) < 4.78 is 0. The smallest absolute Gasteiger partial charge is 0.236 e. The number of hydrogen-bond acceptors (Lipinski definition) is 2. The van der Waals surface area contributed by atoms with Gasteiger partial charge in [0.2, 0.25) is 11.8 Å². The SMILES string of the molecule is CN1C(=O)C(C)(C)c2cc(NC(=O)C3CCCC3)ccc21. The summed E-state index contributed by atoms with van der Waals surface area (Å²) in [4.78, 5) is 26.2. The average Bonchev–Trinajstić information content (AvgIpc) is 3.04. The number of anilines is 2. The highest BCUT2D eigenvalue weighted by molar-refractivity contribution is 6.07. The standard InChI is InChI=1S/C17H22N2O2/c1-17(2)13-10-12(8-9-14(13)19(3)16(17)21)18-15(20)11-6-4-5-7-11/h8-11H,4-7H2,1-3H3,(H,18,20). The third-order valence-corrected chi connectivity index (χ3v) is 4.86. The molecule has 4 heteroatoms. The summed E-state index contributed by atoms with van der Waals surface area (Å²) in [6.45, 7) is 3.86. The molecular formula is C17H22N2O2. The van der Waals surface area contributed by atoms with Gasteiger partial charge in [0.15, 0.2) is 0 Å². The molecule has 3 rings (SSSR count). The molecule has 1 aliphatic carbocycles. The topological polar surface area (TPSA) is 49.4 Å². The van der Waals surface area contributed by atoms with Gasteiger partial charge in [0.25, 0.3) is 0 Å². The number of carbonyl (C=O) groups excluding carboxylic acids is 2. The molecule has 1 N–H and O–H groups in total. The quantitative estimate of drug-likeness (QED) is 0.908. The summed E-state index contributed by atoms with van der Waals surface area (Å²) in [5.41, 5.74) is 2.18. The summed E-state index contributed by atoms with van der Waals surface area (Å²) in [6.07, 6.45) is 4.27. The zero-order valence-corrected chi connectivity index (χ0v) is 12.9. The van der Waals surface area contributed by atoms with E-state index in [1.54, 1.807) is 11.9 Å². The van der Waals surface area contributed by atoms with Gasteiger partial charge in [-0.2, -0.15) is 0 Å². The Hall–Kier alpha value is -1.84. The lowest BCUT2D eigenvalue weighted by Crippen LogP contribution is -2.33. The molecule has 0 bridgehead atoms. The molecule has 1 heterocycles. The first-order valence-corrected chi connectivity index (χ1v) is 7.65. The number of benzene rings is 1. The predicted octanol–water partition coefficient (Wildman–Crippen LogP) is 3.07. The van der Waals surface area contributed by atoms with Gasteiger partial charge in [-0.25, -0.2) is 0 Å². The molecule has 112 valence electrons. The number of amides is 2. The van der Waals surface area contributed by atoms with Crippen LogP contribution >= 0.6 is 0 Å². The maximum Gasteiger partial charge on any atom is 0.236 e. The van der Waals surface area contributed by atoms with Gasteiger partial charge in [-0.15, -0.1) is 0 Å². The summed E-state index contributed by atoms with van der Waals surface area (Å²) in [5, 5.41) is 3.01. The number of fused-ring (bicyclic) bond motifs is 1. The summed E-state index contributed by atoms with van der Waals surface area (Å²) in [6, 6.07) is 5.76. The molecule has 1 aliphatic heterocycles. The Kier molecular flexibility index (Phi) is 3.27. The van der Waals surface area contributed by atoms with Crippen LogP contribution < -0.4 is 10.2 Å². The van der Waals surface area contributed by atoms with E-state index >= 15 is 0 Å². The monoisotopic (exact) mass is 286 g/mol. The number of hydrogen-bond donors (Lipinski definition) is 1. The Labute approximate surface area is 125 Å². The van der Waals surface area contributed by atoms with Gasteiger partial charge in [0.05, 0.1) is 5.41 Å². The van der Waals surface area contributed by atoms with Gasteiger partial charge < -0.3 is 10.2 Å². The maximum atomic E-state index is 12.3. The number of likely N-dealkylation sites (N-methyl/N-ethyl adjacent to an activating group) is 1. The van der Waals surface area contributed by atoms with Crippen molar-refractivity contribution in [1.82, 2.24) is 0 Å². The van der Waals surface area contributed by atoms with E-state index in [1.807, 2.05) is 32.0 Å². The van der Waals surface area contributed by atoms with Crippen molar-refractivity contribution in [1.29, 1.82) is 0 Å². The number of carbonyl (C=O) groups is 2. The largest absolute Gasteiger partial charge is 0.326 e. The van der Waals surface area contributed by atoms with Gasteiger partial charge >= 0.3 is 0 Å². The summed E-state index contributed by atoms with van der Waals surface area (Å²) >= 11 is 0. The van der Waals surface area contributed by atoms with Crippen molar-refractivity contribution in [3.63, 3.8) is 0 Å². The molecule has 2 aliphatic rings. The Balaban J connectivity index is 1.85. The van der Waals surface area contributed by atoms with Crippen LogP contribution in [0.15, 0.2) is 18.2 Å². The Bertz CT molecular complexity index is 601. The lowest BCUT2D eigenvalue weighted by Gasteiger charge is -2.17. The minimum Gasteiger partial charge on any atom is -0.326 e. The van der Waals surface area contributed by atoms with Crippen molar-refractivity contribution >= 4 is 23.2 Å². The summed E-state index contributed by atoms with van der Waals surface area (Å²) in [7, 11) is 1.80. The molecule has 1 aromatic carbocycles. The molecule has 0 radical (unpaired) electrons.